The quantitative estimate of drug-likeness (QED) is 0.203. The lowest BCUT2D eigenvalue weighted by atomic mass is 10.4. The van der Waals surface area contributed by atoms with Crippen molar-refractivity contribution < 1.29 is 39.6 Å². The first kappa shape index (κ1) is 21.2. The second-order valence-corrected chi connectivity index (χ2v) is 8.00. The van der Waals surface area contributed by atoms with E-state index in [1.165, 1.54) is 0 Å². The van der Waals surface area contributed by atoms with Crippen LogP contribution in [0.1, 0.15) is 0 Å². The molecule has 10 nitrogen and oxygen atoms in total. The van der Waals surface area contributed by atoms with Crippen molar-refractivity contribution in [2.75, 3.05) is 11.5 Å². The third-order valence-corrected chi connectivity index (χ3v) is 5.81. The minimum atomic E-state index is -1.45. The molecule has 0 aromatic heterocycles. The molecule has 0 saturated carbocycles. The Balaban J connectivity index is 4.59. The number of hydrogen-bond donors (Lipinski definition) is 5. The maximum absolute atomic E-state index is 11.1. The molecule has 22 heavy (non-hydrogen) atoms. The maximum Gasteiger partial charge on any atom is 0.381 e. The van der Waals surface area contributed by atoms with Gasteiger partial charge in [-0.15, -0.1) is 0 Å². The molecule has 2 unspecified atom stereocenters. The zero-order valence-electron chi connectivity index (χ0n) is 10.6. The first-order valence-electron chi connectivity index (χ1n) is 5.21. The highest BCUT2D eigenvalue weighted by molar-refractivity contribution is 8.76. The number of aliphatic carboxylic acids is 2. The molecule has 0 aromatic carbocycles. The van der Waals surface area contributed by atoms with Crippen molar-refractivity contribution in [3.05, 3.63) is 0 Å². The molecule has 0 aromatic rings. The standard InChI is InChI=1S/C8H12N2O8S4/c9-3(5(11)12)1-19-20-2-4(6(13)14)10(21-7(15)16)22-8(17)18/h3-4H,1-2,9H2,(H,11,12)(H,13,14)(H,15,16)(H,17,18). The van der Waals surface area contributed by atoms with E-state index in [4.69, 9.17) is 26.2 Å². The monoisotopic (exact) mass is 392 g/mol. The molecular weight excluding hydrogens is 380 g/mol. The molecule has 0 fully saturated rings. The minimum Gasteiger partial charge on any atom is -0.480 e. The Morgan fingerprint density at radius 1 is 0.864 bits per heavy atom. The van der Waals surface area contributed by atoms with Crippen LogP contribution in [0.4, 0.5) is 9.59 Å². The van der Waals surface area contributed by atoms with Crippen LogP contribution in [-0.4, -0.2) is 70.3 Å². The van der Waals surface area contributed by atoms with E-state index in [0.717, 1.165) is 21.6 Å². The Bertz CT molecular complexity index is 420. The van der Waals surface area contributed by atoms with Crippen LogP contribution in [0, 0.1) is 0 Å². The molecular formula is C8H12N2O8S4. The van der Waals surface area contributed by atoms with Gasteiger partial charge in [0.25, 0.3) is 0 Å². The summed E-state index contributed by atoms with van der Waals surface area (Å²) in [7, 11) is 1.95. The van der Waals surface area contributed by atoms with Gasteiger partial charge in [-0.2, -0.15) is 3.71 Å². The number of rotatable bonds is 10. The smallest absolute Gasteiger partial charge is 0.381 e. The molecule has 126 valence electrons. The van der Waals surface area contributed by atoms with E-state index < -0.39 is 34.6 Å². The first-order chi connectivity index (χ1) is 10.1. The third kappa shape index (κ3) is 9.26. The van der Waals surface area contributed by atoms with E-state index in [9.17, 15) is 19.2 Å². The summed E-state index contributed by atoms with van der Waals surface area (Å²) < 4.78 is 0.637. The largest absolute Gasteiger partial charge is 0.480 e. The highest BCUT2D eigenvalue weighted by atomic mass is 33.1. The van der Waals surface area contributed by atoms with Gasteiger partial charge in [0.05, 0.1) is 23.9 Å². The number of hydrogen-bond acceptors (Lipinski definition) is 10. The Morgan fingerprint density at radius 3 is 1.68 bits per heavy atom. The fourth-order valence-corrected chi connectivity index (χ4v) is 4.75. The van der Waals surface area contributed by atoms with Gasteiger partial charge in [0.15, 0.2) is 0 Å². The molecule has 0 heterocycles. The van der Waals surface area contributed by atoms with Crippen molar-refractivity contribution in [1.82, 2.24) is 3.71 Å². The van der Waals surface area contributed by atoms with Crippen LogP contribution in [0.2, 0.25) is 0 Å². The Kier molecular flexibility index (Phi) is 10.5. The van der Waals surface area contributed by atoms with Gasteiger partial charge in [-0.3, -0.25) is 9.59 Å². The second-order valence-electron chi connectivity index (χ2n) is 3.37. The molecule has 0 spiro atoms. The Labute approximate surface area is 140 Å². The van der Waals surface area contributed by atoms with E-state index in [0.29, 0.717) is 3.71 Å². The van der Waals surface area contributed by atoms with Crippen LogP contribution >= 0.6 is 45.5 Å². The highest BCUT2D eigenvalue weighted by Crippen LogP contribution is 2.31. The van der Waals surface area contributed by atoms with Crippen molar-refractivity contribution in [3.8, 4) is 0 Å². The number of carboxylic acid groups (broad SMARTS) is 4. The summed E-state index contributed by atoms with van der Waals surface area (Å²) in [5.41, 5.74) is 5.26. The third-order valence-electron chi connectivity index (χ3n) is 1.75. The van der Waals surface area contributed by atoms with Crippen LogP contribution in [0.25, 0.3) is 0 Å². The maximum atomic E-state index is 11.1. The van der Waals surface area contributed by atoms with Crippen LogP contribution < -0.4 is 5.73 Å². The average molecular weight is 392 g/mol. The Hall–Kier alpha value is -0.800. The molecule has 6 N–H and O–H groups in total. The molecule has 0 aliphatic carbocycles. The predicted octanol–water partition coefficient (Wildman–Crippen LogP) is 1.19. The summed E-state index contributed by atoms with van der Waals surface area (Å²) in [6.07, 6.45) is 0. The second kappa shape index (κ2) is 10.8. The van der Waals surface area contributed by atoms with Crippen molar-refractivity contribution in [2.24, 2.45) is 5.73 Å². The molecule has 14 heteroatoms. The first-order valence-corrected chi connectivity index (χ1v) is 9.25. The lowest BCUT2D eigenvalue weighted by Gasteiger charge is -2.22. The number of nitrogens with two attached hydrogens (primary N) is 1. The normalized spacial score (nSPS) is 13.5. The van der Waals surface area contributed by atoms with E-state index in [1.54, 1.807) is 0 Å². The zero-order chi connectivity index (χ0) is 17.3. The molecule has 0 saturated heterocycles. The van der Waals surface area contributed by atoms with Gasteiger partial charge in [-0.25, -0.2) is 9.59 Å². The molecule has 0 rings (SSSR count). The van der Waals surface area contributed by atoms with Gasteiger partial charge < -0.3 is 26.2 Å². The Morgan fingerprint density at radius 2 is 1.32 bits per heavy atom. The minimum absolute atomic E-state index is 0.0183. The van der Waals surface area contributed by atoms with Crippen molar-refractivity contribution >= 4 is 68.0 Å². The summed E-state index contributed by atoms with van der Waals surface area (Å²) in [4.78, 5) is 42.9. The van der Waals surface area contributed by atoms with E-state index in [-0.39, 0.29) is 35.4 Å². The zero-order valence-corrected chi connectivity index (χ0v) is 13.9. The molecule has 0 aliphatic rings. The molecule has 0 aliphatic heterocycles. The number of carboxylic acids is 2. The molecule has 0 bridgehead atoms. The lowest BCUT2D eigenvalue weighted by molar-refractivity contribution is -0.139. The summed E-state index contributed by atoms with van der Waals surface area (Å²) in [6.45, 7) is 0. The fraction of sp³-hybridized carbons (Fsp3) is 0.500. The van der Waals surface area contributed by atoms with Crippen molar-refractivity contribution in [1.29, 1.82) is 0 Å². The van der Waals surface area contributed by atoms with E-state index >= 15 is 0 Å². The van der Waals surface area contributed by atoms with E-state index in [1.807, 2.05) is 0 Å². The van der Waals surface area contributed by atoms with Gasteiger partial charge >= 0.3 is 22.5 Å². The molecule has 0 radical (unpaired) electrons. The average Bonchev–Trinajstić information content (AvgIpc) is 2.35. The van der Waals surface area contributed by atoms with Crippen LogP contribution in [-0.2, 0) is 9.59 Å². The van der Waals surface area contributed by atoms with Crippen LogP contribution in [0.15, 0.2) is 0 Å². The van der Waals surface area contributed by atoms with E-state index in [2.05, 4.69) is 0 Å². The van der Waals surface area contributed by atoms with Gasteiger partial charge in [-0.1, -0.05) is 21.6 Å². The van der Waals surface area contributed by atoms with Gasteiger partial charge in [-0.05, 0) is 0 Å². The van der Waals surface area contributed by atoms with Crippen LogP contribution in [0.5, 0.6) is 0 Å². The van der Waals surface area contributed by atoms with Gasteiger partial charge in [0.1, 0.15) is 12.1 Å². The fourth-order valence-electron chi connectivity index (χ4n) is 0.827. The SMILES string of the molecule is NC(CSSCC(C(=O)O)N(SC(=O)O)SC(=O)O)C(=O)O. The summed E-state index contributed by atoms with van der Waals surface area (Å²) in [5, 5.41) is 32.1. The summed E-state index contributed by atoms with van der Waals surface area (Å²) >= 11 is 0.0869. The molecule has 2 atom stereocenters. The van der Waals surface area contributed by atoms with Crippen molar-refractivity contribution in [3.63, 3.8) is 0 Å². The van der Waals surface area contributed by atoms with Gasteiger partial charge in [0, 0.05) is 11.5 Å². The van der Waals surface area contributed by atoms with Crippen LogP contribution in [0.3, 0.4) is 0 Å². The predicted molar refractivity (Wildman–Crippen MR) is 85.0 cm³/mol. The topological polar surface area (TPSA) is 178 Å². The number of carbonyl (C=O) groups is 4. The summed E-state index contributed by atoms with van der Waals surface area (Å²) in [5.74, 6) is -2.75. The molecule has 0 amide bonds. The van der Waals surface area contributed by atoms with Crippen molar-refractivity contribution in [2.45, 2.75) is 12.1 Å². The lowest BCUT2D eigenvalue weighted by Crippen LogP contribution is -2.36. The highest BCUT2D eigenvalue weighted by Gasteiger charge is 2.31. The summed E-state index contributed by atoms with van der Waals surface area (Å²) in [6, 6.07) is -2.51. The van der Waals surface area contributed by atoms with Gasteiger partial charge in [0.2, 0.25) is 0 Å². The number of nitrogens with zero attached hydrogens (tertiary/aromatic N) is 1.